The third-order valence-corrected chi connectivity index (χ3v) is 4.83. The Morgan fingerprint density at radius 1 is 1.19 bits per heavy atom. The van der Waals surface area contributed by atoms with Gasteiger partial charge in [-0.05, 0) is 42.8 Å². The maximum Gasteiger partial charge on any atom is 0.262 e. The summed E-state index contributed by atoms with van der Waals surface area (Å²) < 4.78 is 40.4. The zero-order valence-corrected chi connectivity index (χ0v) is 13.2. The van der Waals surface area contributed by atoms with Gasteiger partial charge in [0.25, 0.3) is 10.0 Å². The Labute approximate surface area is 131 Å². The molecular formula is C13H11Cl2FN2O2S. The number of anilines is 2. The van der Waals surface area contributed by atoms with Gasteiger partial charge in [0.05, 0.1) is 21.3 Å². The molecule has 0 aliphatic carbocycles. The summed E-state index contributed by atoms with van der Waals surface area (Å²) >= 11 is 11.6. The van der Waals surface area contributed by atoms with Crippen LogP contribution in [0.25, 0.3) is 0 Å². The van der Waals surface area contributed by atoms with Crippen molar-refractivity contribution in [3.05, 3.63) is 51.8 Å². The number of hydrogen-bond donors (Lipinski definition) is 2. The zero-order valence-electron chi connectivity index (χ0n) is 10.8. The average Bonchev–Trinajstić information content (AvgIpc) is 2.37. The van der Waals surface area contributed by atoms with E-state index in [2.05, 4.69) is 4.72 Å². The third-order valence-electron chi connectivity index (χ3n) is 2.76. The van der Waals surface area contributed by atoms with E-state index in [4.69, 9.17) is 28.9 Å². The van der Waals surface area contributed by atoms with Gasteiger partial charge in [-0.25, -0.2) is 12.8 Å². The Morgan fingerprint density at radius 3 is 2.52 bits per heavy atom. The van der Waals surface area contributed by atoms with Crippen molar-refractivity contribution in [3.8, 4) is 0 Å². The predicted octanol–water partition coefficient (Wildman–Crippen LogP) is 3.82. The lowest BCUT2D eigenvalue weighted by Gasteiger charge is -2.12. The molecule has 0 amide bonds. The summed E-state index contributed by atoms with van der Waals surface area (Å²) in [4.78, 5) is -0.0798. The second kappa shape index (κ2) is 5.71. The van der Waals surface area contributed by atoms with Crippen molar-refractivity contribution in [2.45, 2.75) is 11.8 Å². The van der Waals surface area contributed by atoms with Crippen LogP contribution in [-0.2, 0) is 10.0 Å². The predicted molar refractivity (Wildman–Crippen MR) is 82.8 cm³/mol. The molecule has 2 aromatic carbocycles. The topological polar surface area (TPSA) is 72.2 Å². The van der Waals surface area contributed by atoms with E-state index in [-0.39, 0.29) is 26.3 Å². The second-order valence-electron chi connectivity index (χ2n) is 4.37. The van der Waals surface area contributed by atoms with Crippen molar-refractivity contribution in [2.24, 2.45) is 0 Å². The van der Waals surface area contributed by atoms with Gasteiger partial charge in [0.15, 0.2) is 0 Å². The van der Waals surface area contributed by atoms with Crippen LogP contribution in [0.15, 0.2) is 35.2 Å². The van der Waals surface area contributed by atoms with E-state index < -0.39 is 15.8 Å². The molecule has 0 aliphatic heterocycles. The van der Waals surface area contributed by atoms with Gasteiger partial charge in [-0.1, -0.05) is 23.2 Å². The number of rotatable bonds is 3. The van der Waals surface area contributed by atoms with Crippen LogP contribution in [0.5, 0.6) is 0 Å². The largest absolute Gasteiger partial charge is 0.397 e. The molecule has 4 nitrogen and oxygen atoms in total. The highest BCUT2D eigenvalue weighted by molar-refractivity contribution is 7.92. The van der Waals surface area contributed by atoms with Crippen LogP contribution in [0.1, 0.15) is 5.56 Å². The summed E-state index contributed by atoms with van der Waals surface area (Å²) in [6, 6.07) is 6.23. The number of halogens is 3. The van der Waals surface area contributed by atoms with E-state index in [9.17, 15) is 12.8 Å². The van der Waals surface area contributed by atoms with Crippen LogP contribution >= 0.6 is 23.2 Å². The van der Waals surface area contributed by atoms with Crippen molar-refractivity contribution in [1.82, 2.24) is 0 Å². The lowest BCUT2D eigenvalue weighted by molar-refractivity contribution is 0.598. The molecule has 0 aliphatic rings. The van der Waals surface area contributed by atoms with Gasteiger partial charge in [0, 0.05) is 5.02 Å². The van der Waals surface area contributed by atoms with E-state index in [1.54, 1.807) is 6.92 Å². The number of hydrogen-bond acceptors (Lipinski definition) is 3. The highest BCUT2D eigenvalue weighted by atomic mass is 35.5. The van der Waals surface area contributed by atoms with Crippen LogP contribution < -0.4 is 10.5 Å². The normalized spacial score (nSPS) is 11.4. The Bertz CT molecular complexity index is 810. The van der Waals surface area contributed by atoms with Crippen LogP contribution in [0.4, 0.5) is 15.8 Å². The standard InChI is InChI=1S/C13H11Cl2FN2O2S/c1-7-4-9(15)11(17)6-13(7)21(19,20)18-12-5-8(14)2-3-10(12)16/h2-6,18H,17H2,1H3. The van der Waals surface area contributed by atoms with E-state index >= 15 is 0 Å². The highest BCUT2D eigenvalue weighted by Crippen LogP contribution is 2.28. The van der Waals surface area contributed by atoms with Crippen molar-refractivity contribution in [2.75, 3.05) is 10.5 Å². The molecule has 2 aromatic rings. The molecule has 2 rings (SSSR count). The summed E-state index contributed by atoms with van der Waals surface area (Å²) in [7, 11) is -4.01. The first-order valence-electron chi connectivity index (χ1n) is 5.74. The van der Waals surface area contributed by atoms with E-state index in [0.717, 1.165) is 6.07 Å². The van der Waals surface area contributed by atoms with Crippen LogP contribution in [0, 0.1) is 12.7 Å². The Kier molecular flexibility index (Phi) is 4.32. The van der Waals surface area contributed by atoms with E-state index in [1.807, 2.05) is 0 Å². The minimum atomic E-state index is -4.01. The molecule has 0 heterocycles. The summed E-state index contributed by atoms with van der Waals surface area (Å²) in [5.74, 6) is -0.734. The molecule has 0 aromatic heterocycles. The van der Waals surface area contributed by atoms with Crippen molar-refractivity contribution in [3.63, 3.8) is 0 Å². The van der Waals surface area contributed by atoms with Crippen molar-refractivity contribution < 1.29 is 12.8 Å². The van der Waals surface area contributed by atoms with Crippen LogP contribution in [0.2, 0.25) is 10.0 Å². The smallest absolute Gasteiger partial charge is 0.262 e. The first-order valence-corrected chi connectivity index (χ1v) is 7.98. The van der Waals surface area contributed by atoms with Crippen LogP contribution in [-0.4, -0.2) is 8.42 Å². The summed E-state index contributed by atoms with van der Waals surface area (Å²) in [6.45, 7) is 1.56. The molecule has 0 unspecified atom stereocenters. The Morgan fingerprint density at radius 2 is 1.86 bits per heavy atom. The number of sulfonamides is 1. The number of nitrogens with one attached hydrogen (secondary N) is 1. The number of nitrogens with two attached hydrogens (primary N) is 1. The van der Waals surface area contributed by atoms with Gasteiger partial charge in [0.2, 0.25) is 0 Å². The van der Waals surface area contributed by atoms with Gasteiger partial charge in [0.1, 0.15) is 5.82 Å². The zero-order chi connectivity index (χ0) is 15.8. The molecule has 0 bridgehead atoms. The minimum Gasteiger partial charge on any atom is -0.397 e. The molecule has 0 atom stereocenters. The SMILES string of the molecule is Cc1cc(Cl)c(N)cc1S(=O)(=O)Nc1cc(Cl)ccc1F. The van der Waals surface area contributed by atoms with Gasteiger partial charge in [-0.2, -0.15) is 0 Å². The second-order valence-corrected chi connectivity index (χ2v) is 6.86. The number of nitrogen functional groups attached to an aromatic ring is 1. The van der Waals surface area contributed by atoms with Gasteiger partial charge >= 0.3 is 0 Å². The first-order chi connectivity index (χ1) is 9.70. The Hall–Kier alpha value is -1.50. The highest BCUT2D eigenvalue weighted by Gasteiger charge is 2.20. The monoisotopic (exact) mass is 348 g/mol. The molecule has 21 heavy (non-hydrogen) atoms. The lowest BCUT2D eigenvalue weighted by atomic mass is 10.2. The molecular weight excluding hydrogens is 338 g/mol. The number of aryl methyl sites for hydroxylation is 1. The van der Waals surface area contributed by atoms with Crippen molar-refractivity contribution in [1.29, 1.82) is 0 Å². The van der Waals surface area contributed by atoms with Crippen LogP contribution in [0.3, 0.4) is 0 Å². The fourth-order valence-corrected chi connectivity index (χ4v) is 3.44. The van der Waals surface area contributed by atoms with Gasteiger partial charge in [-0.3, -0.25) is 4.72 Å². The molecule has 0 saturated heterocycles. The fraction of sp³-hybridized carbons (Fsp3) is 0.0769. The molecule has 0 radical (unpaired) electrons. The summed E-state index contributed by atoms with van der Waals surface area (Å²) in [5, 5.41) is 0.460. The molecule has 0 fully saturated rings. The maximum absolute atomic E-state index is 13.6. The molecule has 3 N–H and O–H groups in total. The average molecular weight is 349 g/mol. The quantitative estimate of drug-likeness (QED) is 0.828. The lowest BCUT2D eigenvalue weighted by Crippen LogP contribution is -2.15. The van der Waals surface area contributed by atoms with E-state index in [0.29, 0.717) is 5.56 Å². The minimum absolute atomic E-state index is 0.0798. The number of benzene rings is 2. The maximum atomic E-state index is 13.6. The molecule has 112 valence electrons. The van der Waals surface area contributed by atoms with Gasteiger partial charge in [-0.15, -0.1) is 0 Å². The third kappa shape index (κ3) is 3.40. The van der Waals surface area contributed by atoms with Crippen molar-refractivity contribution >= 4 is 44.6 Å². The molecule has 0 saturated carbocycles. The van der Waals surface area contributed by atoms with E-state index in [1.165, 1.54) is 24.3 Å². The Balaban J connectivity index is 2.48. The summed E-state index contributed by atoms with van der Waals surface area (Å²) in [5.41, 5.74) is 5.89. The molecule has 8 heteroatoms. The fourth-order valence-electron chi connectivity index (χ4n) is 1.73. The summed E-state index contributed by atoms with van der Waals surface area (Å²) in [6.07, 6.45) is 0. The molecule has 0 spiro atoms. The first kappa shape index (κ1) is 15.9. The van der Waals surface area contributed by atoms with Gasteiger partial charge < -0.3 is 5.73 Å².